The third-order valence-corrected chi connectivity index (χ3v) is 3.93. The minimum absolute atomic E-state index is 0.200. The van der Waals surface area contributed by atoms with Gasteiger partial charge in [0, 0.05) is 32.7 Å². The van der Waals surface area contributed by atoms with Gasteiger partial charge in [-0.2, -0.15) is 0 Å². The van der Waals surface area contributed by atoms with Gasteiger partial charge in [0.05, 0.1) is 11.8 Å². The quantitative estimate of drug-likeness (QED) is 0.870. The summed E-state index contributed by atoms with van der Waals surface area (Å²) in [6.45, 7) is 12.8. The molecule has 4 heteroatoms. The molecular weight excluding hydrogens is 262 g/mol. The highest BCUT2D eigenvalue weighted by Crippen LogP contribution is 2.31. The van der Waals surface area contributed by atoms with Crippen LogP contribution in [0, 0.1) is 0 Å². The van der Waals surface area contributed by atoms with Crippen LogP contribution in [-0.2, 0) is 6.54 Å². The van der Waals surface area contributed by atoms with Crippen LogP contribution in [0.15, 0.2) is 18.2 Å². The zero-order valence-corrected chi connectivity index (χ0v) is 13.9. The average molecular weight is 291 g/mol. The lowest BCUT2D eigenvalue weighted by Crippen LogP contribution is -2.46. The maximum atomic E-state index is 6.06. The van der Waals surface area contributed by atoms with Gasteiger partial charge in [-0.1, -0.05) is 13.0 Å². The second-order valence-corrected chi connectivity index (χ2v) is 5.92. The van der Waals surface area contributed by atoms with Crippen LogP contribution in [0.2, 0.25) is 0 Å². The molecule has 1 saturated heterocycles. The van der Waals surface area contributed by atoms with Crippen LogP contribution >= 0.6 is 0 Å². The zero-order chi connectivity index (χ0) is 15.2. The Bertz CT molecular complexity index is 440. The first-order valence-electron chi connectivity index (χ1n) is 8.05. The van der Waals surface area contributed by atoms with E-state index in [9.17, 15) is 0 Å². The van der Waals surface area contributed by atoms with Crippen molar-refractivity contribution >= 4 is 5.69 Å². The minimum Gasteiger partial charge on any atom is -0.489 e. The molecule has 0 amide bonds. The Labute approximate surface area is 129 Å². The summed E-state index contributed by atoms with van der Waals surface area (Å²) in [5, 5.41) is 3.20. The van der Waals surface area contributed by atoms with E-state index in [-0.39, 0.29) is 6.10 Å². The van der Waals surface area contributed by atoms with Gasteiger partial charge < -0.3 is 19.9 Å². The van der Waals surface area contributed by atoms with Gasteiger partial charge in [0.25, 0.3) is 0 Å². The van der Waals surface area contributed by atoms with E-state index in [0.717, 1.165) is 45.0 Å². The van der Waals surface area contributed by atoms with E-state index >= 15 is 0 Å². The van der Waals surface area contributed by atoms with E-state index < -0.39 is 0 Å². The van der Waals surface area contributed by atoms with Crippen LogP contribution in [0.1, 0.15) is 26.3 Å². The molecule has 0 aliphatic carbocycles. The molecule has 2 rings (SSSR count). The molecule has 0 spiro atoms. The van der Waals surface area contributed by atoms with Crippen LogP contribution in [0.4, 0.5) is 5.69 Å². The predicted molar refractivity (Wildman–Crippen MR) is 89.3 cm³/mol. The summed E-state index contributed by atoms with van der Waals surface area (Å²) in [6, 6.07) is 6.59. The Kier molecular flexibility index (Phi) is 5.88. The number of anilines is 1. The Morgan fingerprint density at radius 2 is 1.90 bits per heavy atom. The van der Waals surface area contributed by atoms with E-state index in [4.69, 9.17) is 4.74 Å². The van der Waals surface area contributed by atoms with Crippen molar-refractivity contribution in [2.75, 3.05) is 44.7 Å². The number of rotatable bonds is 6. The maximum absolute atomic E-state index is 6.06. The lowest BCUT2D eigenvalue weighted by atomic mass is 10.1. The number of piperazine rings is 1. The van der Waals surface area contributed by atoms with Gasteiger partial charge in [-0.05, 0) is 45.1 Å². The molecule has 1 aromatic rings. The van der Waals surface area contributed by atoms with Crippen molar-refractivity contribution in [1.82, 2.24) is 10.2 Å². The Morgan fingerprint density at radius 3 is 2.48 bits per heavy atom. The molecule has 1 aromatic carbocycles. The molecule has 21 heavy (non-hydrogen) atoms. The summed E-state index contributed by atoms with van der Waals surface area (Å²) in [6.07, 6.45) is 0.200. The van der Waals surface area contributed by atoms with Gasteiger partial charge in [0.15, 0.2) is 0 Å². The maximum Gasteiger partial charge on any atom is 0.143 e. The smallest absolute Gasteiger partial charge is 0.143 e. The molecule has 0 aromatic heterocycles. The van der Waals surface area contributed by atoms with Crippen molar-refractivity contribution in [2.45, 2.75) is 33.4 Å². The highest BCUT2D eigenvalue weighted by Gasteiger charge is 2.19. The second-order valence-electron chi connectivity index (χ2n) is 5.92. The fraction of sp³-hybridized carbons (Fsp3) is 0.647. The van der Waals surface area contributed by atoms with Gasteiger partial charge in [0.2, 0.25) is 0 Å². The van der Waals surface area contributed by atoms with E-state index in [0.29, 0.717) is 0 Å². The Hall–Kier alpha value is -1.26. The van der Waals surface area contributed by atoms with Gasteiger partial charge in [-0.25, -0.2) is 0 Å². The molecule has 4 nitrogen and oxygen atoms in total. The van der Waals surface area contributed by atoms with Gasteiger partial charge in [-0.3, -0.25) is 0 Å². The molecule has 118 valence electrons. The normalized spacial score (nSPS) is 16.5. The Morgan fingerprint density at radius 1 is 1.19 bits per heavy atom. The van der Waals surface area contributed by atoms with Crippen molar-refractivity contribution in [3.8, 4) is 5.75 Å². The molecule has 0 saturated carbocycles. The number of ether oxygens (including phenoxy) is 1. The van der Waals surface area contributed by atoms with E-state index in [1.54, 1.807) is 0 Å². The van der Waals surface area contributed by atoms with Crippen molar-refractivity contribution in [2.24, 2.45) is 0 Å². The van der Waals surface area contributed by atoms with Crippen LogP contribution in [-0.4, -0.2) is 50.8 Å². The number of benzene rings is 1. The first-order valence-corrected chi connectivity index (χ1v) is 8.05. The predicted octanol–water partition coefficient (Wildman–Crippen LogP) is 2.34. The monoisotopic (exact) mass is 291 g/mol. The summed E-state index contributed by atoms with van der Waals surface area (Å²) in [7, 11) is 1.97. The fourth-order valence-electron chi connectivity index (χ4n) is 2.79. The molecular formula is C17H29N3O. The molecule has 0 bridgehead atoms. The molecule has 1 N–H and O–H groups in total. The highest BCUT2D eigenvalue weighted by molar-refractivity contribution is 5.60. The second kappa shape index (κ2) is 7.66. The number of hydrogen-bond acceptors (Lipinski definition) is 4. The van der Waals surface area contributed by atoms with E-state index in [1.807, 2.05) is 7.05 Å². The number of nitrogens with zero attached hydrogens (tertiary/aromatic N) is 2. The first-order chi connectivity index (χ1) is 10.1. The molecule has 0 unspecified atom stereocenters. The van der Waals surface area contributed by atoms with Gasteiger partial charge in [0.1, 0.15) is 5.75 Å². The largest absolute Gasteiger partial charge is 0.489 e. The highest BCUT2D eigenvalue weighted by atomic mass is 16.5. The van der Waals surface area contributed by atoms with Crippen molar-refractivity contribution in [1.29, 1.82) is 0 Å². The summed E-state index contributed by atoms with van der Waals surface area (Å²) in [5.74, 6) is 1.02. The topological polar surface area (TPSA) is 27.7 Å². The van der Waals surface area contributed by atoms with E-state index in [1.165, 1.54) is 11.3 Å². The van der Waals surface area contributed by atoms with E-state index in [2.05, 4.69) is 54.1 Å². The first kappa shape index (κ1) is 16.1. The number of nitrogens with one attached hydrogen (secondary N) is 1. The SMILES string of the molecule is CCN1CCN(c2ccc(CNC)cc2OC(C)C)CC1. The van der Waals surface area contributed by atoms with Crippen LogP contribution in [0.25, 0.3) is 0 Å². The lowest BCUT2D eigenvalue weighted by Gasteiger charge is -2.36. The summed E-state index contributed by atoms with van der Waals surface area (Å²) in [4.78, 5) is 4.95. The standard InChI is InChI=1S/C17H29N3O/c1-5-19-8-10-20(11-9-19)16-7-6-15(13-18-4)12-17(16)21-14(2)3/h6-7,12,14,18H,5,8-11,13H2,1-4H3. The van der Waals surface area contributed by atoms with Crippen LogP contribution in [0.5, 0.6) is 5.75 Å². The summed E-state index contributed by atoms with van der Waals surface area (Å²) < 4.78 is 6.06. The third-order valence-electron chi connectivity index (χ3n) is 3.93. The Balaban J connectivity index is 2.17. The van der Waals surface area contributed by atoms with Gasteiger partial charge >= 0.3 is 0 Å². The summed E-state index contributed by atoms with van der Waals surface area (Å²) in [5.41, 5.74) is 2.50. The van der Waals surface area contributed by atoms with Crippen molar-refractivity contribution in [3.63, 3.8) is 0 Å². The lowest BCUT2D eigenvalue weighted by molar-refractivity contribution is 0.239. The molecule has 0 radical (unpaired) electrons. The number of hydrogen-bond donors (Lipinski definition) is 1. The molecule has 1 heterocycles. The van der Waals surface area contributed by atoms with Crippen LogP contribution in [0.3, 0.4) is 0 Å². The molecule has 1 aliphatic rings. The van der Waals surface area contributed by atoms with Crippen molar-refractivity contribution in [3.05, 3.63) is 23.8 Å². The van der Waals surface area contributed by atoms with Gasteiger partial charge in [-0.15, -0.1) is 0 Å². The zero-order valence-electron chi connectivity index (χ0n) is 13.9. The molecule has 0 atom stereocenters. The summed E-state index contributed by atoms with van der Waals surface area (Å²) >= 11 is 0. The third kappa shape index (κ3) is 4.35. The molecule has 1 aliphatic heterocycles. The fourth-order valence-corrected chi connectivity index (χ4v) is 2.79. The average Bonchev–Trinajstić information content (AvgIpc) is 2.47. The minimum atomic E-state index is 0.200. The van der Waals surface area contributed by atoms with Crippen LogP contribution < -0.4 is 15.0 Å². The molecule has 1 fully saturated rings. The van der Waals surface area contributed by atoms with Crippen molar-refractivity contribution < 1.29 is 4.74 Å². The number of likely N-dealkylation sites (N-methyl/N-ethyl adjacent to an activating group) is 1.